The van der Waals surface area contributed by atoms with Gasteiger partial charge in [-0.3, -0.25) is 4.79 Å². The molecule has 2 nitrogen and oxygen atoms in total. The average Bonchev–Trinajstić information content (AvgIpc) is 2.19. The van der Waals surface area contributed by atoms with Gasteiger partial charge in [0.05, 0.1) is 0 Å². The Labute approximate surface area is 84.9 Å². The molecule has 0 amide bonds. The summed E-state index contributed by atoms with van der Waals surface area (Å²) in [5, 5.41) is 0. The Morgan fingerprint density at radius 2 is 2.21 bits per heavy atom. The maximum atomic E-state index is 11.5. The fourth-order valence-corrected chi connectivity index (χ4v) is 1.47. The highest BCUT2D eigenvalue weighted by atomic mass is 16.5. The third-order valence-electron chi connectivity index (χ3n) is 2.22. The van der Waals surface area contributed by atoms with Crippen LogP contribution < -0.4 is 0 Å². The lowest BCUT2D eigenvalue weighted by Crippen LogP contribution is -2.13. The molecular formula is C12H16O2. The standard InChI is InChI=1S/C12H16O2/c1-4-11(13)12(14-3)10-7-5-6-9(2)8-10/h5-8,12H,4H2,1-3H3. The van der Waals surface area contributed by atoms with Gasteiger partial charge in [0.1, 0.15) is 6.10 Å². The van der Waals surface area contributed by atoms with Crippen LogP contribution >= 0.6 is 0 Å². The predicted molar refractivity (Wildman–Crippen MR) is 56.2 cm³/mol. The Kier molecular flexibility index (Phi) is 3.84. The van der Waals surface area contributed by atoms with Gasteiger partial charge < -0.3 is 4.74 Å². The lowest BCUT2D eigenvalue weighted by atomic mass is 10.0. The number of ketones is 1. The zero-order valence-corrected chi connectivity index (χ0v) is 8.91. The predicted octanol–water partition coefficient (Wildman–Crippen LogP) is 2.66. The minimum absolute atomic E-state index is 0.123. The molecule has 0 radical (unpaired) electrons. The fraction of sp³-hybridized carbons (Fsp3) is 0.417. The second-order valence-corrected chi connectivity index (χ2v) is 3.35. The van der Waals surface area contributed by atoms with Crippen LogP contribution in [-0.2, 0) is 9.53 Å². The lowest BCUT2D eigenvalue weighted by molar-refractivity contribution is -0.128. The maximum Gasteiger partial charge on any atom is 0.165 e. The van der Waals surface area contributed by atoms with Crippen molar-refractivity contribution < 1.29 is 9.53 Å². The molecule has 0 aromatic heterocycles. The van der Waals surface area contributed by atoms with Crippen LogP contribution in [0.2, 0.25) is 0 Å². The molecule has 1 atom stereocenters. The van der Waals surface area contributed by atoms with E-state index in [1.54, 1.807) is 7.11 Å². The van der Waals surface area contributed by atoms with Gasteiger partial charge in [-0.15, -0.1) is 0 Å². The van der Waals surface area contributed by atoms with Crippen molar-refractivity contribution in [2.45, 2.75) is 26.4 Å². The van der Waals surface area contributed by atoms with Crippen molar-refractivity contribution in [1.82, 2.24) is 0 Å². The van der Waals surface area contributed by atoms with Gasteiger partial charge in [0.2, 0.25) is 0 Å². The van der Waals surface area contributed by atoms with Crippen LogP contribution in [-0.4, -0.2) is 12.9 Å². The number of hydrogen-bond acceptors (Lipinski definition) is 2. The second-order valence-electron chi connectivity index (χ2n) is 3.35. The first-order chi connectivity index (χ1) is 6.69. The van der Waals surface area contributed by atoms with Crippen molar-refractivity contribution in [3.05, 3.63) is 35.4 Å². The number of hydrogen-bond donors (Lipinski definition) is 0. The highest BCUT2D eigenvalue weighted by Crippen LogP contribution is 2.19. The highest BCUT2D eigenvalue weighted by molar-refractivity contribution is 5.84. The van der Waals surface area contributed by atoms with Gasteiger partial charge in [-0.05, 0) is 12.5 Å². The van der Waals surface area contributed by atoms with Crippen molar-refractivity contribution in [3.63, 3.8) is 0 Å². The summed E-state index contributed by atoms with van der Waals surface area (Å²) in [7, 11) is 1.57. The third kappa shape index (κ3) is 2.42. The summed E-state index contributed by atoms with van der Waals surface area (Å²) >= 11 is 0. The first kappa shape index (κ1) is 10.9. The van der Waals surface area contributed by atoms with Gasteiger partial charge in [-0.2, -0.15) is 0 Å². The van der Waals surface area contributed by atoms with E-state index in [4.69, 9.17) is 4.74 Å². The second kappa shape index (κ2) is 4.91. The molecule has 0 bridgehead atoms. The van der Waals surface area contributed by atoms with Gasteiger partial charge in [-0.25, -0.2) is 0 Å². The average molecular weight is 192 g/mol. The molecule has 0 N–H and O–H groups in total. The summed E-state index contributed by atoms with van der Waals surface area (Å²) < 4.78 is 5.19. The zero-order valence-electron chi connectivity index (χ0n) is 8.91. The Morgan fingerprint density at radius 3 is 2.71 bits per heavy atom. The van der Waals surface area contributed by atoms with Gasteiger partial charge in [0, 0.05) is 13.5 Å². The first-order valence-corrected chi connectivity index (χ1v) is 4.81. The minimum atomic E-state index is -0.403. The normalized spacial score (nSPS) is 12.5. The molecule has 1 aromatic rings. The molecule has 1 rings (SSSR count). The summed E-state index contributed by atoms with van der Waals surface area (Å²) in [5.41, 5.74) is 2.09. The van der Waals surface area contributed by atoms with E-state index >= 15 is 0 Å². The fourth-order valence-electron chi connectivity index (χ4n) is 1.47. The van der Waals surface area contributed by atoms with Crippen molar-refractivity contribution >= 4 is 5.78 Å². The largest absolute Gasteiger partial charge is 0.369 e. The van der Waals surface area contributed by atoms with Gasteiger partial charge in [0.15, 0.2) is 5.78 Å². The van der Waals surface area contributed by atoms with Crippen molar-refractivity contribution in [1.29, 1.82) is 0 Å². The number of benzene rings is 1. The minimum Gasteiger partial charge on any atom is -0.369 e. The monoisotopic (exact) mass is 192 g/mol. The van der Waals surface area contributed by atoms with Crippen LogP contribution in [0.4, 0.5) is 0 Å². The van der Waals surface area contributed by atoms with E-state index in [9.17, 15) is 4.79 Å². The number of rotatable bonds is 4. The summed E-state index contributed by atoms with van der Waals surface area (Å²) in [6, 6.07) is 7.86. The number of carbonyl (C=O) groups is 1. The molecule has 0 saturated heterocycles. The van der Waals surface area contributed by atoms with Crippen molar-refractivity contribution in [2.75, 3.05) is 7.11 Å². The number of ether oxygens (including phenoxy) is 1. The zero-order chi connectivity index (χ0) is 10.6. The van der Waals surface area contributed by atoms with Crippen LogP contribution in [0, 0.1) is 6.92 Å². The summed E-state index contributed by atoms with van der Waals surface area (Å²) in [6.07, 6.45) is 0.104. The van der Waals surface area contributed by atoms with E-state index in [0.717, 1.165) is 11.1 Å². The Balaban J connectivity index is 2.94. The molecule has 0 fully saturated rings. The molecule has 76 valence electrons. The number of aryl methyl sites for hydroxylation is 1. The summed E-state index contributed by atoms with van der Waals surface area (Å²) in [6.45, 7) is 3.86. The Hall–Kier alpha value is -1.15. The lowest BCUT2D eigenvalue weighted by Gasteiger charge is -2.13. The van der Waals surface area contributed by atoms with Crippen LogP contribution in [0.25, 0.3) is 0 Å². The molecule has 0 spiro atoms. The van der Waals surface area contributed by atoms with Gasteiger partial charge >= 0.3 is 0 Å². The molecule has 1 unspecified atom stereocenters. The van der Waals surface area contributed by atoms with E-state index in [1.165, 1.54) is 0 Å². The number of methoxy groups -OCH3 is 1. The molecule has 2 heteroatoms. The molecule has 0 aliphatic rings. The molecule has 0 heterocycles. The van der Waals surface area contributed by atoms with E-state index in [1.807, 2.05) is 38.1 Å². The summed E-state index contributed by atoms with van der Waals surface area (Å²) in [5.74, 6) is 0.123. The SMILES string of the molecule is CCC(=O)C(OC)c1cccc(C)c1. The Bertz CT molecular complexity index is 318. The van der Waals surface area contributed by atoms with Crippen LogP contribution in [0.5, 0.6) is 0 Å². The van der Waals surface area contributed by atoms with Gasteiger partial charge in [-0.1, -0.05) is 36.8 Å². The van der Waals surface area contributed by atoms with E-state index in [2.05, 4.69) is 0 Å². The maximum absolute atomic E-state index is 11.5. The van der Waals surface area contributed by atoms with E-state index in [0.29, 0.717) is 6.42 Å². The highest BCUT2D eigenvalue weighted by Gasteiger charge is 2.17. The molecule has 1 aromatic carbocycles. The molecule has 0 aliphatic carbocycles. The molecule has 0 aliphatic heterocycles. The topological polar surface area (TPSA) is 26.3 Å². The van der Waals surface area contributed by atoms with Crippen LogP contribution in [0.3, 0.4) is 0 Å². The van der Waals surface area contributed by atoms with Crippen molar-refractivity contribution in [3.8, 4) is 0 Å². The van der Waals surface area contributed by atoms with E-state index in [-0.39, 0.29) is 5.78 Å². The molecule has 14 heavy (non-hydrogen) atoms. The van der Waals surface area contributed by atoms with Crippen molar-refractivity contribution in [2.24, 2.45) is 0 Å². The third-order valence-corrected chi connectivity index (χ3v) is 2.22. The number of Topliss-reactive ketones (excluding diaryl/α,β-unsaturated/α-hetero) is 1. The Morgan fingerprint density at radius 1 is 1.50 bits per heavy atom. The number of carbonyl (C=O) groups excluding carboxylic acids is 1. The molecular weight excluding hydrogens is 176 g/mol. The van der Waals surface area contributed by atoms with Gasteiger partial charge in [0.25, 0.3) is 0 Å². The first-order valence-electron chi connectivity index (χ1n) is 4.81. The van der Waals surface area contributed by atoms with E-state index < -0.39 is 6.10 Å². The summed E-state index contributed by atoms with van der Waals surface area (Å²) in [4.78, 5) is 11.5. The smallest absolute Gasteiger partial charge is 0.165 e. The van der Waals surface area contributed by atoms with Crippen LogP contribution in [0.15, 0.2) is 24.3 Å². The quantitative estimate of drug-likeness (QED) is 0.733. The molecule has 0 saturated carbocycles. The van der Waals surface area contributed by atoms with Crippen LogP contribution in [0.1, 0.15) is 30.6 Å².